The number of carbonyl (C=O) groups is 1. The van der Waals surface area contributed by atoms with Crippen molar-refractivity contribution in [2.24, 2.45) is 11.7 Å². The summed E-state index contributed by atoms with van der Waals surface area (Å²) >= 11 is 0. The van der Waals surface area contributed by atoms with E-state index in [0.717, 1.165) is 4.31 Å². The maximum atomic E-state index is 11.9. The molecule has 1 aromatic carbocycles. The monoisotopic (exact) mass is 299 g/mol. The van der Waals surface area contributed by atoms with Crippen LogP contribution in [0.25, 0.3) is 0 Å². The van der Waals surface area contributed by atoms with Gasteiger partial charge in [-0.15, -0.1) is 0 Å². The normalized spacial score (nSPS) is 13.2. The number of nitrogens with zero attached hydrogens (tertiary/aromatic N) is 1. The molecule has 112 valence electrons. The minimum atomic E-state index is -3.45. The Kier molecular flexibility index (Phi) is 5.67. The smallest absolute Gasteiger partial charge is 0.242 e. The van der Waals surface area contributed by atoms with Crippen molar-refractivity contribution in [2.75, 3.05) is 26.0 Å². The van der Waals surface area contributed by atoms with Crippen LogP contribution in [-0.2, 0) is 14.8 Å². The summed E-state index contributed by atoms with van der Waals surface area (Å²) in [5, 5.41) is 2.72. The zero-order valence-corrected chi connectivity index (χ0v) is 12.8. The van der Waals surface area contributed by atoms with Gasteiger partial charge in [-0.25, -0.2) is 12.7 Å². The van der Waals surface area contributed by atoms with E-state index in [2.05, 4.69) is 5.32 Å². The number of nitrogens with two attached hydrogens (primary N) is 1. The summed E-state index contributed by atoms with van der Waals surface area (Å²) in [6.45, 7) is 2.18. The van der Waals surface area contributed by atoms with Gasteiger partial charge in [0.1, 0.15) is 0 Å². The highest BCUT2D eigenvalue weighted by Gasteiger charge is 2.18. The van der Waals surface area contributed by atoms with E-state index in [1.54, 1.807) is 12.1 Å². The third-order valence-electron chi connectivity index (χ3n) is 3.05. The third-order valence-corrected chi connectivity index (χ3v) is 4.88. The number of benzene rings is 1. The van der Waals surface area contributed by atoms with Gasteiger partial charge in [-0.05, 0) is 30.7 Å². The van der Waals surface area contributed by atoms with Crippen LogP contribution >= 0.6 is 0 Å². The van der Waals surface area contributed by atoms with Crippen LogP contribution in [0.4, 0.5) is 5.69 Å². The highest BCUT2D eigenvalue weighted by atomic mass is 32.2. The standard InChI is InChI=1S/C13H21N3O3S/c1-4-10(9-14)13(17)15-11-5-7-12(8-6-11)20(18,19)16(2)3/h5-8,10H,4,9,14H2,1-3H3,(H,15,17). The molecule has 0 aliphatic rings. The first-order chi connectivity index (χ1) is 9.32. The predicted molar refractivity (Wildman–Crippen MR) is 78.8 cm³/mol. The Morgan fingerprint density at radius 2 is 1.85 bits per heavy atom. The first kappa shape index (κ1) is 16.6. The molecule has 0 heterocycles. The molecule has 6 nitrogen and oxygen atoms in total. The van der Waals surface area contributed by atoms with Gasteiger partial charge in [0.2, 0.25) is 15.9 Å². The topological polar surface area (TPSA) is 92.5 Å². The van der Waals surface area contributed by atoms with Crippen molar-refractivity contribution in [3.8, 4) is 0 Å². The number of hydrogen-bond donors (Lipinski definition) is 2. The quantitative estimate of drug-likeness (QED) is 0.815. The minimum absolute atomic E-state index is 0.154. The average molecular weight is 299 g/mol. The fourth-order valence-electron chi connectivity index (χ4n) is 1.62. The minimum Gasteiger partial charge on any atom is -0.330 e. The van der Waals surface area contributed by atoms with Gasteiger partial charge in [0.05, 0.1) is 10.8 Å². The van der Waals surface area contributed by atoms with Crippen LogP contribution in [0.15, 0.2) is 29.2 Å². The van der Waals surface area contributed by atoms with Gasteiger partial charge in [0.15, 0.2) is 0 Å². The zero-order chi connectivity index (χ0) is 15.3. The van der Waals surface area contributed by atoms with Crippen molar-refractivity contribution in [1.82, 2.24) is 4.31 Å². The molecule has 0 saturated heterocycles. The molecular weight excluding hydrogens is 278 g/mol. The molecule has 1 amide bonds. The number of sulfonamides is 1. The molecule has 0 bridgehead atoms. The summed E-state index contributed by atoms with van der Waals surface area (Å²) in [6, 6.07) is 6.07. The lowest BCUT2D eigenvalue weighted by atomic mass is 10.1. The Labute approximate surface area is 120 Å². The van der Waals surface area contributed by atoms with Gasteiger partial charge >= 0.3 is 0 Å². The van der Waals surface area contributed by atoms with E-state index < -0.39 is 10.0 Å². The summed E-state index contributed by atoms with van der Waals surface area (Å²) in [6.07, 6.45) is 0.662. The molecule has 0 radical (unpaired) electrons. The Bertz CT molecular complexity index is 549. The van der Waals surface area contributed by atoms with E-state index in [1.807, 2.05) is 6.92 Å². The Balaban J connectivity index is 2.85. The molecule has 0 aliphatic heterocycles. The van der Waals surface area contributed by atoms with Crippen LogP contribution in [0.1, 0.15) is 13.3 Å². The molecule has 1 unspecified atom stereocenters. The second kappa shape index (κ2) is 6.83. The summed E-state index contributed by atoms with van der Waals surface area (Å²) in [5.74, 6) is -0.390. The molecule has 20 heavy (non-hydrogen) atoms. The van der Waals surface area contributed by atoms with Crippen LogP contribution in [0.2, 0.25) is 0 Å². The van der Waals surface area contributed by atoms with E-state index >= 15 is 0 Å². The van der Waals surface area contributed by atoms with Crippen LogP contribution in [0, 0.1) is 5.92 Å². The van der Waals surface area contributed by atoms with Crippen molar-refractivity contribution in [3.63, 3.8) is 0 Å². The maximum absolute atomic E-state index is 11.9. The van der Waals surface area contributed by atoms with Gasteiger partial charge in [0, 0.05) is 26.3 Å². The van der Waals surface area contributed by atoms with Crippen molar-refractivity contribution in [3.05, 3.63) is 24.3 Å². The van der Waals surface area contributed by atoms with Gasteiger partial charge in [-0.2, -0.15) is 0 Å². The largest absolute Gasteiger partial charge is 0.330 e. The molecule has 0 saturated carbocycles. The lowest BCUT2D eigenvalue weighted by Crippen LogP contribution is -2.28. The Morgan fingerprint density at radius 3 is 2.25 bits per heavy atom. The highest BCUT2D eigenvalue weighted by molar-refractivity contribution is 7.89. The number of rotatable bonds is 6. The molecule has 1 aromatic rings. The molecule has 7 heteroatoms. The fraction of sp³-hybridized carbons (Fsp3) is 0.462. The Hall–Kier alpha value is -1.44. The van der Waals surface area contributed by atoms with Crippen molar-refractivity contribution in [1.29, 1.82) is 0 Å². The average Bonchev–Trinajstić information content (AvgIpc) is 2.40. The summed E-state index contributed by atoms with van der Waals surface area (Å²) < 4.78 is 24.9. The molecule has 0 aliphatic carbocycles. The first-order valence-electron chi connectivity index (χ1n) is 6.36. The van der Waals surface area contributed by atoms with Crippen LogP contribution < -0.4 is 11.1 Å². The number of hydrogen-bond acceptors (Lipinski definition) is 4. The van der Waals surface area contributed by atoms with Gasteiger partial charge in [0.25, 0.3) is 0 Å². The molecular formula is C13H21N3O3S. The molecule has 3 N–H and O–H groups in total. The predicted octanol–water partition coefficient (Wildman–Crippen LogP) is 0.860. The number of carbonyl (C=O) groups excluding carboxylic acids is 1. The maximum Gasteiger partial charge on any atom is 0.242 e. The van der Waals surface area contributed by atoms with Crippen LogP contribution in [0.5, 0.6) is 0 Å². The molecule has 0 fully saturated rings. The van der Waals surface area contributed by atoms with Crippen LogP contribution in [0.3, 0.4) is 0 Å². The van der Waals surface area contributed by atoms with Gasteiger partial charge in [-0.1, -0.05) is 6.92 Å². The van der Waals surface area contributed by atoms with E-state index in [0.29, 0.717) is 12.1 Å². The summed E-state index contributed by atoms with van der Waals surface area (Å²) in [4.78, 5) is 12.0. The second-order valence-corrected chi connectivity index (χ2v) is 6.79. The lowest BCUT2D eigenvalue weighted by Gasteiger charge is -2.14. The van der Waals surface area contributed by atoms with E-state index in [1.165, 1.54) is 26.2 Å². The van der Waals surface area contributed by atoms with Crippen LogP contribution in [-0.4, -0.2) is 39.3 Å². The van der Waals surface area contributed by atoms with Gasteiger partial charge in [-0.3, -0.25) is 4.79 Å². The number of nitrogens with one attached hydrogen (secondary N) is 1. The fourth-order valence-corrected chi connectivity index (χ4v) is 2.53. The van der Waals surface area contributed by atoms with E-state index in [4.69, 9.17) is 5.73 Å². The van der Waals surface area contributed by atoms with Crippen molar-refractivity contribution < 1.29 is 13.2 Å². The van der Waals surface area contributed by atoms with Gasteiger partial charge < -0.3 is 11.1 Å². The molecule has 1 atom stereocenters. The number of amides is 1. The lowest BCUT2D eigenvalue weighted by molar-refractivity contribution is -0.119. The second-order valence-electron chi connectivity index (χ2n) is 4.64. The molecule has 0 spiro atoms. The molecule has 0 aromatic heterocycles. The molecule has 1 rings (SSSR count). The van der Waals surface area contributed by atoms with Crippen molar-refractivity contribution >= 4 is 21.6 Å². The summed E-state index contributed by atoms with van der Waals surface area (Å²) in [5.41, 5.74) is 6.06. The Morgan fingerprint density at radius 1 is 1.30 bits per heavy atom. The SMILES string of the molecule is CCC(CN)C(=O)Nc1ccc(S(=O)(=O)N(C)C)cc1. The zero-order valence-electron chi connectivity index (χ0n) is 12.0. The number of anilines is 1. The van der Waals surface area contributed by atoms with E-state index in [-0.39, 0.29) is 23.3 Å². The van der Waals surface area contributed by atoms with E-state index in [9.17, 15) is 13.2 Å². The van der Waals surface area contributed by atoms with Crippen molar-refractivity contribution in [2.45, 2.75) is 18.2 Å². The first-order valence-corrected chi connectivity index (χ1v) is 7.80. The third kappa shape index (κ3) is 3.78. The highest BCUT2D eigenvalue weighted by Crippen LogP contribution is 2.17. The summed E-state index contributed by atoms with van der Waals surface area (Å²) in [7, 11) is -0.506.